The van der Waals surface area contributed by atoms with E-state index in [0.717, 1.165) is 11.3 Å². The molecule has 4 aromatic rings. The zero-order valence-corrected chi connectivity index (χ0v) is 17.6. The van der Waals surface area contributed by atoms with Crippen LogP contribution in [-0.4, -0.2) is 26.1 Å². The topological polar surface area (TPSA) is 91.2 Å². The quantitative estimate of drug-likeness (QED) is 0.431. The molecule has 0 aliphatic rings. The number of aryl methyl sites for hydroxylation is 1. The van der Waals surface area contributed by atoms with Crippen LogP contribution in [0.4, 0.5) is 5.69 Å². The van der Waals surface area contributed by atoms with Crippen molar-refractivity contribution in [3.8, 4) is 11.5 Å². The van der Waals surface area contributed by atoms with Gasteiger partial charge in [-0.25, -0.2) is 4.68 Å². The van der Waals surface area contributed by atoms with E-state index in [0.29, 0.717) is 36.0 Å². The lowest BCUT2D eigenvalue weighted by atomic mass is 10.2. The minimum atomic E-state index is -0.204. The summed E-state index contributed by atoms with van der Waals surface area (Å²) in [6.45, 7) is 3.38. The molecule has 0 aliphatic carbocycles. The summed E-state index contributed by atoms with van der Waals surface area (Å²) in [7, 11) is 0. The fraction of sp³-hybridized carbons (Fsp3) is 0.167. The van der Waals surface area contributed by atoms with E-state index in [1.54, 1.807) is 28.9 Å². The predicted octanol–water partition coefficient (Wildman–Crippen LogP) is 4.10. The number of hydrogen-bond acceptors (Lipinski definition) is 6. The number of benzene rings is 3. The molecule has 162 valence electrons. The Labute approximate surface area is 185 Å². The van der Waals surface area contributed by atoms with Crippen molar-refractivity contribution < 1.29 is 14.3 Å². The van der Waals surface area contributed by atoms with Crippen LogP contribution in [0.1, 0.15) is 28.7 Å². The second-order valence-electron chi connectivity index (χ2n) is 6.98. The summed E-state index contributed by atoms with van der Waals surface area (Å²) in [5, 5.41) is 14.3. The minimum absolute atomic E-state index is 0.204. The zero-order chi connectivity index (χ0) is 22.2. The number of nitrogens with one attached hydrogen (secondary N) is 1. The number of anilines is 1. The summed E-state index contributed by atoms with van der Waals surface area (Å²) >= 11 is 0. The lowest BCUT2D eigenvalue weighted by molar-refractivity contribution is 0.102. The van der Waals surface area contributed by atoms with E-state index < -0.39 is 0 Å². The second kappa shape index (κ2) is 10.2. The van der Waals surface area contributed by atoms with Gasteiger partial charge in [0.15, 0.2) is 5.82 Å². The summed E-state index contributed by atoms with van der Waals surface area (Å²) in [5.41, 5.74) is 2.31. The van der Waals surface area contributed by atoms with Gasteiger partial charge in [0, 0.05) is 17.8 Å². The van der Waals surface area contributed by atoms with Crippen molar-refractivity contribution in [2.45, 2.75) is 26.7 Å². The van der Waals surface area contributed by atoms with E-state index in [2.05, 4.69) is 20.8 Å². The van der Waals surface area contributed by atoms with Crippen molar-refractivity contribution in [2.24, 2.45) is 0 Å². The van der Waals surface area contributed by atoms with Crippen LogP contribution in [0.15, 0.2) is 78.9 Å². The van der Waals surface area contributed by atoms with Crippen LogP contribution < -0.4 is 14.8 Å². The Balaban J connectivity index is 1.28. The van der Waals surface area contributed by atoms with E-state index in [1.807, 2.05) is 61.5 Å². The van der Waals surface area contributed by atoms with Gasteiger partial charge in [-0.05, 0) is 71.4 Å². The molecule has 0 atom stereocenters. The largest absolute Gasteiger partial charge is 0.489 e. The van der Waals surface area contributed by atoms with Gasteiger partial charge in [-0.1, -0.05) is 30.3 Å². The fourth-order valence-corrected chi connectivity index (χ4v) is 3.00. The Hall–Kier alpha value is -4.20. The third kappa shape index (κ3) is 5.48. The number of amides is 1. The summed E-state index contributed by atoms with van der Waals surface area (Å²) in [5.74, 6) is 1.81. The molecule has 0 fully saturated rings. The molecule has 1 heterocycles. The van der Waals surface area contributed by atoms with Crippen molar-refractivity contribution in [3.63, 3.8) is 0 Å². The maximum absolute atomic E-state index is 12.5. The number of ether oxygens (including phenoxy) is 2. The smallest absolute Gasteiger partial charge is 0.255 e. The molecule has 8 nitrogen and oxygen atoms in total. The molecule has 32 heavy (non-hydrogen) atoms. The molecule has 4 rings (SSSR count). The Morgan fingerprint density at radius 3 is 2.22 bits per heavy atom. The van der Waals surface area contributed by atoms with Gasteiger partial charge in [0.2, 0.25) is 0 Å². The van der Waals surface area contributed by atoms with Gasteiger partial charge in [-0.15, -0.1) is 5.10 Å². The normalized spacial score (nSPS) is 10.5. The van der Waals surface area contributed by atoms with E-state index >= 15 is 0 Å². The molecule has 8 heteroatoms. The molecule has 1 aromatic heterocycles. The van der Waals surface area contributed by atoms with Crippen molar-refractivity contribution in [3.05, 3.63) is 95.8 Å². The number of carbonyl (C=O) groups excluding carboxylic acids is 1. The van der Waals surface area contributed by atoms with Gasteiger partial charge in [0.25, 0.3) is 5.91 Å². The Bertz CT molecular complexity index is 1140. The number of rotatable bonds is 9. The number of hydrogen-bond donors (Lipinski definition) is 1. The van der Waals surface area contributed by atoms with Gasteiger partial charge in [0.1, 0.15) is 24.7 Å². The van der Waals surface area contributed by atoms with Gasteiger partial charge in [-0.2, -0.15) is 0 Å². The van der Waals surface area contributed by atoms with E-state index in [9.17, 15) is 4.79 Å². The monoisotopic (exact) mass is 429 g/mol. The lowest BCUT2D eigenvalue weighted by Crippen LogP contribution is -2.12. The van der Waals surface area contributed by atoms with Crippen LogP contribution in [0.3, 0.4) is 0 Å². The summed E-state index contributed by atoms with van der Waals surface area (Å²) < 4.78 is 13.1. The van der Waals surface area contributed by atoms with Crippen LogP contribution in [0.2, 0.25) is 0 Å². The van der Waals surface area contributed by atoms with E-state index in [1.165, 1.54) is 0 Å². The first-order chi connectivity index (χ1) is 15.7. The average Bonchev–Trinajstić information content (AvgIpc) is 3.31. The Kier molecular flexibility index (Phi) is 6.72. The molecule has 1 N–H and O–H groups in total. The molecule has 0 aliphatic heterocycles. The molecule has 0 saturated carbocycles. The van der Waals surface area contributed by atoms with Crippen molar-refractivity contribution in [2.75, 3.05) is 5.32 Å². The number of tetrazole rings is 1. The summed E-state index contributed by atoms with van der Waals surface area (Å²) in [6.07, 6.45) is 0. The maximum atomic E-state index is 12.5. The van der Waals surface area contributed by atoms with Crippen molar-refractivity contribution in [1.82, 2.24) is 20.2 Å². The van der Waals surface area contributed by atoms with Crippen molar-refractivity contribution in [1.29, 1.82) is 0 Å². The van der Waals surface area contributed by atoms with E-state index in [-0.39, 0.29) is 12.5 Å². The standard InChI is InChI=1S/C24H23N5O3/c1-2-29-23(26-27-28-29)17-32-21-12-8-19(9-13-21)24(30)25-20-10-14-22(15-11-20)31-16-18-6-4-3-5-7-18/h3-15H,2,16-17H2,1H3,(H,25,30). The minimum Gasteiger partial charge on any atom is -0.489 e. The molecule has 0 bridgehead atoms. The molecule has 0 radical (unpaired) electrons. The van der Waals surface area contributed by atoms with Gasteiger partial charge >= 0.3 is 0 Å². The van der Waals surface area contributed by atoms with Crippen LogP contribution >= 0.6 is 0 Å². The van der Waals surface area contributed by atoms with Gasteiger partial charge in [0.05, 0.1) is 0 Å². The summed E-state index contributed by atoms with van der Waals surface area (Å²) in [6, 6.07) is 24.2. The third-order valence-corrected chi connectivity index (χ3v) is 4.75. The summed E-state index contributed by atoms with van der Waals surface area (Å²) in [4.78, 5) is 12.5. The molecule has 0 unspecified atom stereocenters. The highest BCUT2D eigenvalue weighted by Crippen LogP contribution is 2.19. The number of carbonyl (C=O) groups is 1. The first kappa shape index (κ1) is 21.0. The molecule has 1 amide bonds. The lowest BCUT2D eigenvalue weighted by Gasteiger charge is -2.09. The van der Waals surface area contributed by atoms with Gasteiger partial charge < -0.3 is 14.8 Å². The molecule has 3 aromatic carbocycles. The van der Waals surface area contributed by atoms with Crippen LogP contribution in [-0.2, 0) is 19.8 Å². The first-order valence-corrected chi connectivity index (χ1v) is 10.3. The molecule has 0 saturated heterocycles. The molecular weight excluding hydrogens is 406 g/mol. The SMILES string of the molecule is CCn1nnnc1COc1ccc(C(=O)Nc2ccc(OCc3ccccc3)cc2)cc1. The van der Waals surface area contributed by atoms with Gasteiger partial charge in [-0.3, -0.25) is 4.79 Å². The highest BCUT2D eigenvalue weighted by Gasteiger charge is 2.08. The fourth-order valence-electron chi connectivity index (χ4n) is 3.00. The number of nitrogens with zero attached hydrogens (tertiary/aromatic N) is 4. The van der Waals surface area contributed by atoms with Crippen LogP contribution in [0.5, 0.6) is 11.5 Å². The zero-order valence-electron chi connectivity index (χ0n) is 17.6. The highest BCUT2D eigenvalue weighted by molar-refractivity contribution is 6.04. The Morgan fingerprint density at radius 1 is 0.875 bits per heavy atom. The molecular formula is C24H23N5O3. The highest BCUT2D eigenvalue weighted by atomic mass is 16.5. The Morgan fingerprint density at radius 2 is 1.53 bits per heavy atom. The average molecular weight is 429 g/mol. The van der Waals surface area contributed by atoms with Crippen LogP contribution in [0, 0.1) is 0 Å². The third-order valence-electron chi connectivity index (χ3n) is 4.75. The maximum Gasteiger partial charge on any atom is 0.255 e. The molecule has 0 spiro atoms. The number of aromatic nitrogens is 4. The second-order valence-corrected chi connectivity index (χ2v) is 6.98. The van der Waals surface area contributed by atoms with Crippen LogP contribution in [0.25, 0.3) is 0 Å². The first-order valence-electron chi connectivity index (χ1n) is 10.3. The van der Waals surface area contributed by atoms with Crippen molar-refractivity contribution >= 4 is 11.6 Å². The predicted molar refractivity (Wildman–Crippen MR) is 119 cm³/mol. The van der Waals surface area contributed by atoms with E-state index in [4.69, 9.17) is 9.47 Å².